The molecule has 4 nitrogen and oxygen atoms in total. The van der Waals surface area contributed by atoms with Crippen LogP contribution in [0.3, 0.4) is 0 Å². The molecule has 1 aliphatic rings. The summed E-state index contributed by atoms with van der Waals surface area (Å²) in [5.41, 5.74) is -0.689. The summed E-state index contributed by atoms with van der Waals surface area (Å²) in [6, 6.07) is -0.397. The molecular formula is C9H16N2O2. The van der Waals surface area contributed by atoms with Gasteiger partial charge in [0, 0.05) is 6.54 Å². The number of hydrogen-bond acceptors (Lipinski definition) is 2. The molecule has 0 saturated carbocycles. The van der Waals surface area contributed by atoms with Crippen molar-refractivity contribution in [2.24, 2.45) is 10.8 Å². The Morgan fingerprint density at radius 1 is 1.31 bits per heavy atom. The lowest BCUT2D eigenvalue weighted by Gasteiger charge is -2.42. The van der Waals surface area contributed by atoms with E-state index in [1.807, 2.05) is 27.7 Å². The lowest BCUT2D eigenvalue weighted by molar-refractivity contribution is -0.135. The molecule has 0 radical (unpaired) electrons. The first-order chi connectivity index (χ1) is 5.77. The van der Waals surface area contributed by atoms with Gasteiger partial charge in [0.2, 0.25) is 5.91 Å². The third-order valence-electron chi connectivity index (χ3n) is 2.99. The van der Waals surface area contributed by atoms with Crippen molar-refractivity contribution in [1.29, 1.82) is 0 Å². The average molecular weight is 184 g/mol. The van der Waals surface area contributed by atoms with E-state index in [0.29, 0.717) is 6.54 Å². The predicted octanol–water partition coefficient (Wildman–Crippen LogP) is 0.878. The average Bonchev–Trinajstić information content (AvgIpc) is 1.95. The number of carbonyl (C=O) groups is 2. The molecule has 13 heavy (non-hydrogen) atoms. The van der Waals surface area contributed by atoms with Crippen LogP contribution < -0.4 is 10.6 Å². The molecule has 0 spiro atoms. The summed E-state index contributed by atoms with van der Waals surface area (Å²) in [7, 11) is 0. The highest BCUT2D eigenvalue weighted by Crippen LogP contribution is 2.38. The van der Waals surface area contributed by atoms with Gasteiger partial charge in [0.05, 0.1) is 5.41 Å². The molecule has 1 heterocycles. The smallest absolute Gasteiger partial charge is 0.321 e. The molecule has 0 aromatic carbocycles. The predicted molar refractivity (Wildman–Crippen MR) is 49.1 cm³/mol. The zero-order chi connectivity index (χ0) is 10.3. The maximum Gasteiger partial charge on any atom is 0.321 e. The highest BCUT2D eigenvalue weighted by molar-refractivity contribution is 6.00. The van der Waals surface area contributed by atoms with Gasteiger partial charge in [0.25, 0.3) is 0 Å². The lowest BCUT2D eigenvalue weighted by Crippen LogP contribution is -2.61. The fourth-order valence-electron chi connectivity index (χ4n) is 1.23. The van der Waals surface area contributed by atoms with Crippen molar-refractivity contribution < 1.29 is 9.59 Å². The van der Waals surface area contributed by atoms with Crippen molar-refractivity contribution in [3.05, 3.63) is 0 Å². The van der Waals surface area contributed by atoms with Gasteiger partial charge in [-0.25, -0.2) is 4.79 Å². The van der Waals surface area contributed by atoms with E-state index in [4.69, 9.17) is 0 Å². The second-order valence-corrected chi connectivity index (χ2v) is 4.72. The quantitative estimate of drug-likeness (QED) is 0.587. The SMILES string of the molecule is CC(C)(C)C1(C)CNC(=O)NC1=O. The van der Waals surface area contributed by atoms with E-state index in [9.17, 15) is 9.59 Å². The number of rotatable bonds is 0. The molecule has 1 saturated heterocycles. The molecule has 0 aromatic heterocycles. The standard InChI is InChI=1S/C9H16N2O2/c1-8(2,3)9(4)5-10-7(13)11-6(9)12/h5H2,1-4H3,(H2,10,11,12,13). The minimum atomic E-state index is -0.527. The Bertz CT molecular complexity index is 255. The summed E-state index contributed by atoms with van der Waals surface area (Å²) in [5, 5.41) is 4.93. The van der Waals surface area contributed by atoms with Gasteiger partial charge in [-0.15, -0.1) is 0 Å². The number of carbonyl (C=O) groups excluding carboxylic acids is 2. The molecule has 0 aliphatic carbocycles. The largest absolute Gasteiger partial charge is 0.337 e. The maximum atomic E-state index is 11.6. The van der Waals surface area contributed by atoms with Crippen LogP contribution in [0.2, 0.25) is 0 Å². The van der Waals surface area contributed by atoms with Crippen molar-refractivity contribution in [2.45, 2.75) is 27.7 Å². The van der Waals surface area contributed by atoms with Gasteiger partial charge in [-0.05, 0) is 12.3 Å². The third-order valence-corrected chi connectivity index (χ3v) is 2.99. The fraction of sp³-hybridized carbons (Fsp3) is 0.778. The van der Waals surface area contributed by atoms with Crippen LogP contribution in [-0.4, -0.2) is 18.5 Å². The van der Waals surface area contributed by atoms with Gasteiger partial charge >= 0.3 is 6.03 Å². The second kappa shape index (κ2) is 2.72. The van der Waals surface area contributed by atoms with Gasteiger partial charge in [-0.2, -0.15) is 0 Å². The van der Waals surface area contributed by atoms with Gasteiger partial charge in [0.1, 0.15) is 0 Å². The van der Waals surface area contributed by atoms with Gasteiger partial charge in [-0.3, -0.25) is 10.1 Å². The molecular weight excluding hydrogens is 168 g/mol. The van der Waals surface area contributed by atoms with Crippen molar-refractivity contribution in [3.63, 3.8) is 0 Å². The Hall–Kier alpha value is -1.06. The monoisotopic (exact) mass is 184 g/mol. The third kappa shape index (κ3) is 1.53. The van der Waals surface area contributed by atoms with Crippen LogP contribution in [0.1, 0.15) is 27.7 Å². The lowest BCUT2D eigenvalue weighted by atomic mass is 9.66. The molecule has 0 bridgehead atoms. The summed E-state index contributed by atoms with van der Waals surface area (Å²) in [5.74, 6) is -0.191. The van der Waals surface area contributed by atoms with Crippen molar-refractivity contribution in [3.8, 4) is 0 Å². The topological polar surface area (TPSA) is 58.2 Å². The molecule has 1 rings (SSSR count). The number of nitrogens with one attached hydrogen (secondary N) is 2. The Balaban J connectivity index is 2.92. The van der Waals surface area contributed by atoms with Crippen LogP contribution in [0.25, 0.3) is 0 Å². The fourth-order valence-corrected chi connectivity index (χ4v) is 1.23. The second-order valence-electron chi connectivity index (χ2n) is 4.72. The Morgan fingerprint density at radius 2 is 1.85 bits per heavy atom. The zero-order valence-electron chi connectivity index (χ0n) is 8.52. The molecule has 2 N–H and O–H groups in total. The Morgan fingerprint density at radius 3 is 2.23 bits per heavy atom. The van der Waals surface area contributed by atoms with E-state index in [1.165, 1.54) is 0 Å². The van der Waals surface area contributed by atoms with Crippen LogP contribution in [-0.2, 0) is 4.79 Å². The molecule has 4 heteroatoms. The molecule has 1 unspecified atom stereocenters. The molecule has 0 aromatic rings. The van der Waals surface area contributed by atoms with E-state index in [1.54, 1.807) is 0 Å². The van der Waals surface area contributed by atoms with E-state index in [-0.39, 0.29) is 11.3 Å². The molecule has 1 aliphatic heterocycles. The number of imide groups is 1. The van der Waals surface area contributed by atoms with E-state index in [0.717, 1.165) is 0 Å². The van der Waals surface area contributed by atoms with Crippen LogP contribution in [0.4, 0.5) is 4.79 Å². The van der Waals surface area contributed by atoms with Gasteiger partial charge in [0.15, 0.2) is 0 Å². The van der Waals surface area contributed by atoms with Gasteiger partial charge < -0.3 is 5.32 Å². The minimum Gasteiger partial charge on any atom is -0.337 e. The highest BCUT2D eigenvalue weighted by atomic mass is 16.2. The summed E-state index contributed by atoms with van der Waals surface area (Å²) in [6.07, 6.45) is 0. The minimum absolute atomic E-state index is 0.162. The Kier molecular flexibility index (Phi) is 2.10. The molecule has 1 fully saturated rings. The molecule has 3 amide bonds. The first-order valence-electron chi connectivity index (χ1n) is 4.37. The van der Waals surface area contributed by atoms with E-state index < -0.39 is 11.4 Å². The van der Waals surface area contributed by atoms with Gasteiger partial charge in [-0.1, -0.05) is 20.8 Å². The van der Waals surface area contributed by atoms with Crippen molar-refractivity contribution in [1.82, 2.24) is 10.6 Å². The van der Waals surface area contributed by atoms with Crippen molar-refractivity contribution in [2.75, 3.05) is 6.54 Å². The summed E-state index contributed by atoms with van der Waals surface area (Å²) >= 11 is 0. The summed E-state index contributed by atoms with van der Waals surface area (Å²) in [6.45, 7) is 8.24. The summed E-state index contributed by atoms with van der Waals surface area (Å²) in [4.78, 5) is 22.4. The summed E-state index contributed by atoms with van der Waals surface area (Å²) < 4.78 is 0. The van der Waals surface area contributed by atoms with E-state index >= 15 is 0 Å². The van der Waals surface area contributed by atoms with Crippen LogP contribution in [0.5, 0.6) is 0 Å². The maximum absolute atomic E-state index is 11.6. The molecule has 74 valence electrons. The first-order valence-corrected chi connectivity index (χ1v) is 4.37. The van der Waals surface area contributed by atoms with Crippen molar-refractivity contribution >= 4 is 11.9 Å². The first kappa shape index (κ1) is 10.0. The normalized spacial score (nSPS) is 29.5. The van der Waals surface area contributed by atoms with Crippen LogP contribution in [0, 0.1) is 10.8 Å². The number of hydrogen-bond donors (Lipinski definition) is 2. The van der Waals surface area contributed by atoms with Crippen LogP contribution in [0.15, 0.2) is 0 Å². The zero-order valence-corrected chi connectivity index (χ0v) is 8.52. The number of urea groups is 1. The number of amides is 3. The van der Waals surface area contributed by atoms with Crippen LogP contribution >= 0.6 is 0 Å². The molecule has 1 atom stereocenters. The highest BCUT2D eigenvalue weighted by Gasteiger charge is 2.47. The van der Waals surface area contributed by atoms with E-state index in [2.05, 4.69) is 10.6 Å². The Labute approximate surface area is 78.1 Å².